The Bertz CT molecular complexity index is 594. The van der Waals surface area contributed by atoms with Gasteiger partial charge in [-0.1, -0.05) is 18.2 Å². The molecule has 0 aliphatic carbocycles. The summed E-state index contributed by atoms with van der Waals surface area (Å²) in [5.41, 5.74) is -0.542. The van der Waals surface area contributed by atoms with Crippen molar-refractivity contribution in [1.82, 2.24) is 10.6 Å². The van der Waals surface area contributed by atoms with Crippen LogP contribution >= 0.6 is 0 Å². The number of halogens is 3. The van der Waals surface area contributed by atoms with E-state index in [-0.39, 0.29) is 11.8 Å². The average molecular weight is 342 g/mol. The number of alkyl halides is 3. The van der Waals surface area contributed by atoms with Crippen LogP contribution in [0.4, 0.5) is 13.2 Å². The molecule has 2 fully saturated rings. The van der Waals surface area contributed by atoms with Crippen molar-refractivity contribution in [1.29, 1.82) is 0 Å². The molecular weight excluding hydrogens is 321 g/mol. The van der Waals surface area contributed by atoms with Gasteiger partial charge in [0.25, 0.3) is 0 Å². The Morgan fingerprint density at radius 1 is 1.29 bits per heavy atom. The van der Waals surface area contributed by atoms with Crippen LogP contribution in [0.5, 0.6) is 0 Å². The lowest BCUT2D eigenvalue weighted by atomic mass is 9.73. The van der Waals surface area contributed by atoms with E-state index < -0.39 is 17.2 Å². The summed E-state index contributed by atoms with van der Waals surface area (Å²) >= 11 is 0. The van der Waals surface area contributed by atoms with Crippen LogP contribution in [-0.4, -0.2) is 38.8 Å². The highest BCUT2D eigenvalue weighted by atomic mass is 19.4. The molecule has 24 heavy (non-hydrogen) atoms. The summed E-state index contributed by atoms with van der Waals surface area (Å²) in [6.45, 7) is 2.62. The van der Waals surface area contributed by atoms with Gasteiger partial charge in [-0.05, 0) is 24.5 Å². The zero-order valence-corrected chi connectivity index (χ0v) is 13.3. The van der Waals surface area contributed by atoms with Crippen molar-refractivity contribution < 1.29 is 22.7 Å². The molecule has 1 amide bonds. The third-order valence-electron chi connectivity index (χ3n) is 5.01. The fourth-order valence-electron chi connectivity index (χ4n) is 3.23. The van der Waals surface area contributed by atoms with Crippen molar-refractivity contribution in [3.8, 4) is 0 Å². The zero-order chi connectivity index (χ0) is 17.2. The fourth-order valence-corrected chi connectivity index (χ4v) is 3.23. The van der Waals surface area contributed by atoms with E-state index >= 15 is 0 Å². The summed E-state index contributed by atoms with van der Waals surface area (Å²) in [6, 6.07) is 5.45. The first-order valence-electron chi connectivity index (χ1n) is 8.15. The Balaban J connectivity index is 1.81. The van der Waals surface area contributed by atoms with E-state index in [9.17, 15) is 18.0 Å². The number of rotatable bonds is 4. The summed E-state index contributed by atoms with van der Waals surface area (Å²) in [7, 11) is 0. The molecule has 2 saturated heterocycles. The number of ether oxygens (including phenoxy) is 1. The van der Waals surface area contributed by atoms with Crippen LogP contribution < -0.4 is 10.6 Å². The largest absolute Gasteiger partial charge is 0.416 e. The molecule has 0 spiro atoms. The minimum Gasteiger partial charge on any atom is -0.381 e. The van der Waals surface area contributed by atoms with Gasteiger partial charge in [-0.3, -0.25) is 4.79 Å². The van der Waals surface area contributed by atoms with Crippen molar-refractivity contribution in [2.24, 2.45) is 5.92 Å². The normalized spacial score (nSPS) is 21.1. The molecule has 1 aromatic carbocycles. The molecule has 2 aliphatic rings. The van der Waals surface area contributed by atoms with Gasteiger partial charge in [-0.2, -0.15) is 13.2 Å². The van der Waals surface area contributed by atoms with E-state index in [0.717, 1.165) is 6.07 Å². The van der Waals surface area contributed by atoms with Crippen LogP contribution in [0.3, 0.4) is 0 Å². The highest BCUT2D eigenvalue weighted by Gasteiger charge is 2.38. The maximum Gasteiger partial charge on any atom is 0.416 e. The SMILES string of the molecule is O=C(NCC1(c2cccc(C(F)(F)F)c2)CCOCC1)C1CNC1. The first kappa shape index (κ1) is 17.2. The Kier molecular flexibility index (Phi) is 4.83. The van der Waals surface area contributed by atoms with Gasteiger partial charge in [0.2, 0.25) is 5.91 Å². The molecule has 132 valence electrons. The Morgan fingerprint density at radius 3 is 2.58 bits per heavy atom. The minimum absolute atomic E-state index is 0.0356. The first-order chi connectivity index (χ1) is 11.4. The average Bonchev–Trinajstić information content (AvgIpc) is 2.52. The summed E-state index contributed by atoms with van der Waals surface area (Å²) in [5, 5.41) is 5.98. The monoisotopic (exact) mass is 342 g/mol. The molecule has 0 atom stereocenters. The van der Waals surface area contributed by atoms with Gasteiger partial charge in [0.05, 0.1) is 11.5 Å². The number of benzene rings is 1. The van der Waals surface area contributed by atoms with Crippen molar-refractivity contribution in [2.75, 3.05) is 32.8 Å². The van der Waals surface area contributed by atoms with Gasteiger partial charge in [-0.25, -0.2) is 0 Å². The Labute approximate surface area is 138 Å². The first-order valence-corrected chi connectivity index (χ1v) is 8.15. The molecule has 0 radical (unpaired) electrons. The molecule has 4 nitrogen and oxygen atoms in total. The summed E-state index contributed by atoms with van der Waals surface area (Å²) in [6.07, 6.45) is -3.18. The molecule has 0 aromatic heterocycles. The van der Waals surface area contributed by atoms with Crippen molar-refractivity contribution in [3.63, 3.8) is 0 Å². The van der Waals surface area contributed by atoms with Crippen LogP contribution in [-0.2, 0) is 21.1 Å². The minimum atomic E-state index is -4.37. The lowest BCUT2D eigenvalue weighted by Crippen LogP contribution is -2.53. The predicted octanol–water partition coefficient (Wildman–Crippen LogP) is 2.09. The number of hydrogen-bond acceptors (Lipinski definition) is 3. The maximum atomic E-state index is 13.0. The third kappa shape index (κ3) is 3.57. The van der Waals surface area contributed by atoms with Gasteiger partial charge in [0.15, 0.2) is 0 Å². The van der Waals surface area contributed by atoms with Gasteiger partial charge >= 0.3 is 6.18 Å². The van der Waals surface area contributed by atoms with Crippen molar-refractivity contribution in [3.05, 3.63) is 35.4 Å². The van der Waals surface area contributed by atoms with E-state index in [2.05, 4.69) is 10.6 Å². The summed E-state index contributed by atoms with van der Waals surface area (Å²) < 4.78 is 44.5. The Morgan fingerprint density at radius 2 is 2.00 bits per heavy atom. The molecule has 2 heterocycles. The summed E-state index contributed by atoms with van der Waals surface area (Å²) in [4.78, 5) is 12.1. The summed E-state index contributed by atoms with van der Waals surface area (Å²) in [5.74, 6) is -0.0741. The third-order valence-corrected chi connectivity index (χ3v) is 5.01. The standard InChI is InChI=1S/C17H21F3N2O2/c18-17(19,20)14-3-1-2-13(8-14)16(4-6-24-7-5-16)11-22-15(23)12-9-21-10-12/h1-3,8,12,21H,4-7,9-11H2,(H,22,23). The van der Waals surface area contributed by atoms with Crippen LogP contribution in [0.1, 0.15) is 24.0 Å². The quantitative estimate of drug-likeness (QED) is 0.881. The molecule has 2 N–H and O–H groups in total. The van der Waals surface area contributed by atoms with Gasteiger partial charge in [0.1, 0.15) is 0 Å². The highest BCUT2D eigenvalue weighted by Crippen LogP contribution is 2.37. The van der Waals surface area contributed by atoms with Crippen LogP contribution in [0, 0.1) is 5.92 Å². The van der Waals surface area contributed by atoms with Gasteiger partial charge < -0.3 is 15.4 Å². The van der Waals surface area contributed by atoms with Crippen LogP contribution in [0.15, 0.2) is 24.3 Å². The van der Waals surface area contributed by atoms with Crippen LogP contribution in [0.25, 0.3) is 0 Å². The van der Waals surface area contributed by atoms with Gasteiger partial charge in [0, 0.05) is 38.3 Å². The lowest BCUT2D eigenvalue weighted by Gasteiger charge is -2.39. The number of carbonyl (C=O) groups is 1. The number of amides is 1. The molecule has 0 unspecified atom stereocenters. The zero-order valence-electron chi connectivity index (χ0n) is 13.3. The number of nitrogens with one attached hydrogen (secondary N) is 2. The number of carbonyl (C=O) groups excluding carboxylic acids is 1. The van der Waals surface area contributed by atoms with Crippen molar-refractivity contribution in [2.45, 2.75) is 24.4 Å². The molecule has 1 aromatic rings. The second-order valence-electron chi connectivity index (χ2n) is 6.54. The second-order valence-corrected chi connectivity index (χ2v) is 6.54. The van der Waals surface area contributed by atoms with E-state index in [1.54, 1.807) is 6.07 Å². The topological polar surface area (TPSA) is 50.4 Å². The number of hydrogen-bond donors (Lipinski definition) is 2. The molecule has 7 heteroatoms. The second kappa shape index (κ2) is 6.72. The Hall–Kier alpha value is -1.60. The van der Waals surface area contributed by atoms with E-state index in [0.29, 0.717) is 51.3 Å². The molecule has 0 bridgehead atoms. The molecule has 3 rings (SSSR count). The van der Waals surface area contributed by atoms with E-state index in [4.69, 9.17) is 4.74 Å². The molecule has 0 saturated carbocycles. The molecule has 2 aliphatic heterocycles. The predicted molar refractivity (Wildman–Crippen MR) is 82.5 cm³/mol. The van der Waals surface area contributed by atoms with E-state index in [1.807, 2.05) is 0 Å². The van der Waals surface area contributed by atoms with E-state index in [1.165, 1.54) is 12.1 Å². The fraction of sp³-hybridized carbons (Fsp3) is 0.588. The highest BCUT2D eigenvalue weighted by molar-refractivity contribution is 5.80. The molecular formula is C17H21F3N2O2. The maximum absolute atomic E-state index is 13.0. The lowest BCUT2D eigenvalue weighted by molar-refractivity contribution is -0.137. The smallest absolute Gasteiger partial charge is 0.381 e. The van der Waals surface area contributed by atoms with Crippen molar-refractivity contribution >= 4 is 5.91 Å². The van der Waals surface area contributed by atoms with Gasteiger partial charge in [-0.15, -0.1) is 0 Å². The van der Waals surface area contributed by atoms with Crippen LogP contribution in [0.2, 0.25) is 0 Å².